The van der Waals surface area contributed by atoms with Gasteiger partial charge in [-0.3, -0.25) is 0 Å². The first kappa shape index (κ1) is 14.4. The molecule has 0 spiro atoms. The Morgan fingerprint density at radius 1 is 1.36 bits per heavy atom. The molecule has 0 saturated heterocycles. The van der Waals surface area contributed by atoms with Crippen LogP contribution in [0.2, 0.25) is 0 Å². The van der Waals surface area contributed by atoms with Crippen molar-refractivity contribution in [1.29, 1.82) is 0 Å². The highest BCUT2D eigenvalue weighted by atomic mass is 19.4. The van der Waals surface area contributed by atoms with Crippen LogP contribution in [0.15, 0.2) is 40.7 Å². The summed E-state index contributed by atoms with van der Waals surface area (Å²) in [5.41, 5.74) is 4.94. The fourth-order valence-corrected chi connectivity index (χ4v) is 2.25. The van der Waals surface area contributed by atoms with Crippen molar-refractivity contribution in [2.24, 2.45) is 0 Å². The number of hydrogen-bond acceptors (Lipinski definition) is 5. The number of rotatable bonds is 1. The number of anilines is 1. The average molecular weight is 313 g/mol. The van der Waals surface area contributed by atoms with E-state index in [0.29, 0.717) is 11.3 Å². The number of halogens is 3. The maximum atomic E-state index is 12.7. The van der Waals surface area contributed by atoms with Crippen LogP contribution < -0.4 is 15.7 Å². The Labute approximate surface area is 121 Å². The fourth-order valence-electron chi connectivity index (χ4n) is 2.25. The summed E-state index contributed by atoms with van der Waals surface area (Å²) in [5.74, 6) is -1.24. The van der Waals surface area contributed by atoms with Crippen molar-refractivity contribution < 1.29 is 22.4 Å². The predicted molar refractivity (Wildman–Crippen MR) is 72.9 cm³/mol. The van der Waals surface area contributed by atoms with Gasteiger partial charge in [0, 0.05) is 5.69 Å². The van der Waals surface area contributed by atoms with Crippen molar-refractivity contribution in [2.75, 3.05) is 12.4 Å². The van der Waals surface area contributed by atoms with E-state index in [1.165, 1.54) is 12.1 Å². The van der Waals surface area contributed by atoms with Crippen LogP contribution in [0.25, 0.3) is 11.0 Å². The number of nitrogen functional groups attached to an aromatic ring is 1. The summed E-state index contributed by atoms with van der Waals surface area (Å²) in [7, 11) is 0. The van der Waals surface area contributed by atoms with Crippen molar-refractivity contribution in [3.8, 4) is 0 Å². The molecular formula is C13H10F3N3O3. The third-order valence-electron chi connectivity index (χ3n) is 3.39. The lowest BCUT2D eigenvalue weighted by atomic mass is 10.2. The van der Waals surface area contributed by atoms with E-state index in [9.17, 15) is 23.2 Å². The normalized spacial score (nSPS) is 22.5. The number of alkyl halides is 3. The third kappa shape index (κ3) is 2.11. The van der Waals surface area contributed by atoms with Gasteiger partial charge in [-0.1, -0.05) is 0 Å². The molecule has 1 atom stereocenters. The molecule has 0 aliphatic carbocycles. The molecule has 1 aromatic heterocycles. The first-order valence-electron chi connectivity index (χ1n) is 6.15. The SMILES string of the molecule is Nc1ccc2occ([N+]3([O-])CNC(C(F)(F)F)=CC3=O)c2c1. The molecule has 3 rings (SSSR count). The van der Waals surface area contributed by atoms with Gasteiger partial charge >= 0.3 is 12.1 Å². The minimum atomic E-state index is -4.72. The van der Waals surface area contributed by atoms with Crippen molar-refractivity contribution in [1.82, 2.24) is 9.96 Å². The molecule has 116 valence electrons. The summed E-state index contributed by atoms with van der Waals surface area (Å²) >= 11 is 0. The van der Waals surface area contributed by atoms with Crippen molar-refractivity contribution in [2.45, 2.75) is 6.18 Å². The van der Waals surface area contributed by atoms with E-state index in [-0.39, 0.29) is 17.1 Å². The number of furan rings is 1. The molecule has 22 heavy (non-hydrogen) atoms. The maximum Gasteiger partial charge on any atom is 0.431 e. The second kappa shape index (κ2) is 4.49. The summed E-state index contributed by atoms with van der Waals surface area (Å²) in [6.07, 6.45) is -3.39. The highest BCUT2D eigenvalue weighted by molar-refractivity contribution is 6.05. The second-order valence-corrected chi connectivity index (χ2v) is 4.85. The minimum absolute atomic E-state index is 0.0997. The summed E-state index contributed by atoms with van der Waals surface area (Å²) < 4.78 is 41.3. The van der Waals surface area contributed by atoms with Gasteiger partial charge in [0.05, 0.1) is 11.5 Å². The fraction of sp³-hybridized carbons (Fsp3) is 0.154. The first-order chi connectivity index (χ1) is 10.2. The highest BCUT2D eigenvalue weighted by Crippen LogP contribution is 2.37. The van der Waals surface area contributed by atoms with Crippen LogP contribution >= 0.6 is 0 Å². The quantitative estimate of drug-likeness (QED) is 0.479. The molecule has 1 amide bonds. The second-order valence-electron chi connectivity index (χ2n) is 4.85. The predicted octanol–water partition coefficient (Wildman–Crippen LogP) is 2.35. The van der Waals surface area contributed by atoms with Crippen LogP contribution in [0, 0.1) is 5.21 Å². The van der Waals surface area contributed by atoms with Gasteiger partial charge in [-0.05, 0) is 18.2 Å². The van der Waals surface area contributed by atoms with Gasteiger partial charge in [0.15, 0.2) is 18.6 Å². The summed E-state index contributed by atoms with van der Waals surface area (Å²) in [6.45, 7) is -0.784. The number of fused-ring (bicyclic) bond motifs is 1. The molecule has 1 aliphatic heterocycles. The molecule has 1 unspecified atom stereocenters. The Balaban J connectivity index is 2.09. The number of carbonyl (C=O) groups excluding carboxylic acids is 1. The Kier molecular flexibility index (Phi) is 2.94. The molecule has 0 bridgehead atoms. The summed E-state index contributed by atoms with van der Waals surface area (Å²) in [6, 6.07) is 4.49. The number of hydroxylamine groups is 2. The van der Waals surface area contributed by atoms with Crippen LogP contribution in [-0.4, -0.2) is 18.8 Å². The average Bonchev–Trinajstić information content (AvgIpc) is 2.84. The Morgan fingerprint density at radius 2 is 2.09 bits per heavy atom. The zero-order valence-electron chi connectivity index (χ0n) is 11.0. The van der Waals surface area contributed by atoms with E-state index in [4.69, 9.17) is 10.2 Å². The molecule has 1 aliphatic rings. The number of hydrogen-bond donors (Lipinski definition) is 2. The largest absolute Gasteiger partial charge is 0.618 e. The van der Waals surface area contributed by atoms with Crippen molar-refractivity contribution in [3.63, 3.8) is 0 Å². The third-order valence-corrected chi connectivity index (χ3v) is 3.39. The van der Waals surface area contributed by atoms with E-state index in [2.05, 4.69) is 0 Å². The van der Waals surface area contributed by atoms with Gasteiger partial charge in [-0.25, -0.2) is 9.44 Å². The monoisotopic (exact) mass is 313 g/mol. The molecular weight excluding hydrogens is 303 g/mol. The number of allylic oxidation sites excluding steroid dienone is 1. The summed E-state index contributed by atoms with van der Waals surface area (Å²) in [4.78, 5) is 12.0. The van der Waals surface area contributed by atoms with Crippen molar-refractivity contribution >= 4 is 28.3 Å². The van der Waals surface area contributed by atoms with Gasteiger partial charge in [0.25, 0.3) is 0 Å². The van der Waals surface area contributed by atoms with E-state index >= 15 is 0 Å². The first-order valence-corrected chi connectivity index (χ1v) is 6.15. The Bertz CT molecular complexity index is 797. The highest BCUT2D eigenvalue weighted by Gasteiger charge is 2.43. The minimum Gasteiger partial charge on any atom is -0.618 e. The Morgan fingerprint density at radius 3 is 2.73 bits per heavy atom. The zero-order chi connectivity index (χ0) is 16.1. The standard InChI is InChI=1S/C13H10F3N3O3/c14-13(15,16)11-4-12(20)19(21,6-18-11)9-5-22-10-2-1-7(17)3-8(9)10/h1-5,18H,6,17H2. The topological polar surface area (TPSA) is 91.3 Å². The lowest BCUT2D eigenvalue weighted by molar-refractivity contribution is -0.128. The van der Waals surface area contributed by atoms with Crippen LogP contribution in [0.3, 0.4) is 0 Å². The zero-order valence-corrected chi connectivity index (χ0v) is 11.0. The van der Waals surface area contributed by atoms with E-state index in [0.717, 1.165) is 6.26 Å². The number of carbonyl (C=O) groups is 1. The van der Waals surface area contributed by atoms with Gasteiger partial charge < -0.3 is 20.7 Å². The van der Waals surface area contributed by atoms with Crippen LogP contribution in [0.4, 0.5) is 24.5 Å². The molecule has 9 heteroatoms. The lowest BCUT2D eigenvalue weighted by Gasteiger charge is -2.40. The molecule has 0 saturated carbocycles. The maximum absolute atomic E-state index is 12.7. The van der Waals surface area contributed by atoms with Crippen LogP contribution in [0.1, 0.15) is 0 Å². The lowest BCUT2D eigenvalue weighted by Crippen LogP contribution is -2.57. The molecule has 1 aromatic carbocycles. The number of quaternary nitrogens is 1. The molecule has 6 nitrogen and oxygen atoms in total. The molecule has 3 N–H and O–H groups in total. The van der Waals surface area contributed by atoms with E-state index in [1.807, 2.05) is 5.32 Å². The molecule has 0 radical (unpaired) electrons. The van der Waals surface area contributed by atoms with Gasteiger partial charge in [0.2, 0.25) is 0 Å². The molecule has 2 heterocycles. The van der Waals surface area contributed by atoms with Crippen molar-refractivity contribution in [3.05, 3.63) is 41.4 Å². The van der Waals surface area contributed by atoms with Gasteiger partial charge in [0.1, 0.15) is 11.3 Å². The smallest absolute Gasteiger partial charge is 0.431 e. The number of nitrogens with zero attached hydrogens (tertiary/aromatic N) is 1. The van der Waals surface area contributed by atoms with Crippen LogP contribution in [0.5, 0.6) is 0 Å². The van der Waals surface area contributed by atoms with E-state index < -0.39 is 29.1 Å². The Hall–Kier alpha value is -2.52. The van der Waals surface area contributed by atoms with Crippen LogP contribution in [-0.2, 0) is 4.79 Å². The van der Waals surface area contributed by atoms with Gasteiger partial charge in [-0.2, -0.15) is 13.2 Å². The number of nitrogens with two attached hydrogens (primary N) is 1. The molecule has 2 aromatic rings. The molecule has 0 fully saturated rings. The summed E-state index contributed by atoms with van der Waals surface area (Å²) in [5, 5.41) is 15.0. The number of nitrogens with one attached hydrogen (secondary N) is 1. The number of benzene rings is 1. The van der Waals surface area contributed by atoms with E-state index in [1.54, 1.807) is 6.07 Å². The number of amides is 1. The van der Waals surface area contributed by atoms with Gasteiger partial charge in [-0.15, -0.1) is 0 Å².